The highest BCUT2D eigenvalue weighted by molar-refractivity contribution is 6.21. The van der Waals surface area contributed by atoms with Crippen LogP contribution in [-0.2, 0) is 14.3 Å². The molecule has 0 fully saturated rings. The van der Waals surface area contributed by atoms with Gasteiger partial charge in [-0.1, -0.05) is 37.3 Å². The van der Waals surface area contributed by atoms with E-state index in [2.05, 4.69) is 6.92 Å². The number of fused-ring (bicyclic) bond motifs is 1. The largest absolute Gasteiger partial charge is 0.491 e. The first kappa shape index (κ1) is 12.0. The summed E-state index contributed by atoms with van der Waals surface area (Å²) in [4.78, 5) is 12.2. The predicted molar refractivity (Wildman–Crippen MR) is 71.9 cm³/mol. The van der Waals surface area contributed by atoms with Gasteiger partial charge in [-0.15, -0.1) is 0 Å². The van der Waals surface area contributed by atoms with E-state index in [9.17, 15) is 4.79 Å². The maximum atomic E-state index is 12.2. The van der Waals surface area contributed by atoms with Gasteiger partial charge in [0.25, 0.3) is 0 Å². The minimum absolute atomic E-state index is 0.0481. The molecule has 98 valence electrons. The highest BCUT2D eigenvalue weighted by Gasteiger charge is 2.40. The lowest BCUT2D eigenvalue weighted by Crippen LogP contribution is -2.25. The third-order valence-electron chi connectivity index (χ3n) is 3.82. The zero-order valence-electron chi connectivity index (χ0n) is 11.3. The van der Waals surface area contributed by atoms with Gasteiger partial charge in [0, 0.05) is 11.5 Å². The van der Waals surface area contributed by atoms with E-state index in [0.29, 0.717) is 17.1 Å². The summed E-state index contributed by atoms with van der Waals surface area (Å²) < 4.78 is 11.1. The van der Waals surface area contributed by atoms with Crippen LogP contribution in [0.1, 0.15) is 26.3 Å². The van der Waals surface area contributed by atoms with Crippen molar-refractivity contribution in [1.29, 1.82) is 0 Å². The van der Waals surface area contributed by atoms with Crippen LogP contribution in [0.3, 0.4) is 0 Å². The molecule has 0 saturated carbocycles. The van der Waals surface area contributed by atoms with Crippen molar-refractivity contribution in [1.82, 2.24) is 0 Å². The summed E-state index contributed by atoms with van der Waals surface area (Å²) in [6, 6.07) is 9.67. The lowest BCUT2D eigenvalue weighted by atomic mass is 9.87. The monoisotopic (exact) mass is 256 g/mol. The van der Waals surface area contributed by atoms with E-state index in [4.69, 9.17) is 9.47 Å². The van der Waals surface area contributed by atoms with Crippen molar-refractivity contribution in [2.24, 2.45) is 5.92 Å². The van der Waals surface area contributed by atoms with E-state index >= 15 is 0 Å². The molecule has 0 amide bonds. The van der Waals surface area contributed by atoms with Crippen molar-refractivity contribution >= 4 is 11.5 Å². The fourth-order valence-corrected chi connectivity index (χ4v) is 2.67. The Labute approximate surface area is 112 Å². The van der Waals surface area contributed by atoms with Crippen LogP contribution in [0.2, 0.25) is 0 Å². The number of hydrogen-bond acceptors (Lipinski definition) is 3. The summed E-state index contributed by atoms with van der Waals surface area (Å²) in [6.07, 6.45) is 0.0481. The van der Waals surface area contributed by atoms with E-state index in [1.165, 1.54) is 0 Å². The van der Waals surface area contributed by atoms with Crippen molar-refractivity contribution in [2.75, 3.05) is 0 Å². The van der Waals surface area contributed by atoms with E-state index in [1.54, 1.807) is 0 Å². The summed E-state index contributed by atoms with van der Waals surface area (Å²) in [5.74, 6) is 1.16. The molecule has 0 saturated heterocycles. The highest BCUT2D eigenvalue weighted by Crippen LogP contribution is 2.43. The Hall–Kier alpha value is -2.03. The average Bonchev–Trinajstić information content (AvgIpc) is 2.75. The minimum atomic E-state index is -0.278. The molecular formula is C16H16O3. The number of hydrogen-bond donors (Lipinski definition) is 0. The lowest BCUT2D eigenvalue weighted by molar-refractivity contribution is -0.131. The molecule has 0 radical (unpaired) electrons. The molecule has 3 rings (SSSR count). The SMILES string of the molecule is CC1=C2OC(=O)C(c3ccccc3)=C2C(C)C(C)O1. The molecule has 2 atom stereocenters. The van der Waals surface area contributed by atoms with Gasteiger partial charge in [0.1, 0.15) is 11.9 Å². The molecule has 0 bridgehead atoms. The van der Waals surface area contributed by atoms with Gasteiger partial charge in [-0.3, -0.25) is 0 Å². The van der Waals surface area contributed by atoms with E-state index in [-0.39, 0.29) is 18.0 Å². The van der Waals surface area contributed by atoms with Crippen molar-refractivity contribution in [3.63, 3.8) is 0 Å². The Morgan fingerprint density at radius 3 is 2.47 bits per heavy atom. The van der Waals surface area contributed by atoms with Crippen LogP contribution in [0.4, 0.5) is 0 Å². The highest BCUT2D eigenvalue weighted by atomic mass is 16.6. The molecule has 19 heavy (non-hydrogen) atoms. The van der Waals surface area contributed by atoms with Gasteiger partial charge in [-0.05, 0) is 19.4 Å². The zero-order valence-corrected chi connectivity index (χ0v) is 11.3. The third-order valence-corrected chi connectivity index (χ3v) is 3.82. The number of allylic oxidation sites excluding steroid dienone is 2. The Kier molecular flexibility index (Phi) is 2.70. The summed E-state index contributed by atoms with van der Waals surface area (Å²) in [6.45, 7) is 5.93. The molecule has 1 aromatic carbocycles. The molecule has 2 heterocycles. The second-order valence-corrected chi connectivity index (χ2v) is 5.04. The number of carbonyl (C=O) groups excluding carboxylic acids is 1. The third kappa shape index (κ3) is 1.77. The quantitative estimate of drug-likeness (QED) is 0.723. The van der Waals surface area contributed by atoms with Crippen molar-refractivity contribution in [3.8, 4) is 0 Å². The van der Waals surface area contributed by atoms with Gasteiger partial charge in [0.05, 0.1) is 5.57 Å². The summed E-state index contributed by atoms with van der Waals surface area (Å²) in [5, 5.41) is 0. The smallest absolute Gasteiger partial charge is 0.344 e. The van der Waals surface area contributed by atoms with Gasteiger partial charge < -0.3 is 9.47 Å². The van der Waals surface area contributed by atoms with Gasteiger partial charge in [0.2, 0.25) is 0 Å². The number of rotatable bonds is 1. The minimum Gasteiger partial charge on any atom is -0.491 e. The Morgan fingerprint density at radius 2 is 1.79 bits per heavy atom. The van der Waals surface area contributed by atoms with Crippen LogP contribution in [0.25, 0.3) is 5.57 Å². The maximum absolute atomic E-state index is 12.2. The van der Waals surface area contributed by atoms with Gasteiger partial charge in [-0.25, -0.2) is 4.79 Å². The normalized spacial score (nSPS) is 26.2. The topological polar surface area (TPSA) is 35.5 Å². The van der Waals surface area contributed by atoms with E-state index < -0.39 is 0 Å². The van der Waals surface area contributed by atoms with E-state index in [1.807, 2.05) is 44.2 Å². The average molecular weight is 256 g/mol. The summed E-state index contributed by atoms with van der Waals surface area (Å²) >= 11 is 0. The van der Waals surface area contributed by atoms with Crippen molar-refractivity contribution in [3.05, 3.63) is 53.0 Å². The molecule has 0 aromatic heterocycles. The molecule has 2 aliphatic rings. The molecule has 0 N–H and O–H groups in total. The van der Waals surface area contributed by atoms with E-state index in [0.717, 1.165) is 11.1 Å². The zero-order chi connectivity index (χ0) is 13.6. The molecule has 0 aliphatic carbocycles. The van der Waals surface area contributed by atoms with Crippen LogP contribution < -0.4 is 0 Å². The van der Waals surface area contributed by atoms with Gasteiger partial charge in [-0.2, -0.15) is 0 Å². The summed E-state index contributed by atoms with van der Waals surface area (Å²) in [5.41, 5.74) is 2.57. The molecule has 1 aromatic rings. The first-order valence-electron chi connectivity index (χ1n) is 6.49. The van der Waals surface area contributed by atoms with Crippen molar-refractivity contribution in [2.45, 2.75) is 26.9 Å². The molecular weight excluding hydrogens is 240 g/mol. The van der Waals surface area contributed by atoms with Crippen LogP contribution in [-0.4, -0.2) is 12.1 Å². The molecule has 3 nitrogen and oxygen atoms in total. The number of carbonyl (C=O) groups is 1. The molecule has 2 unspecified atom stereocenters. The van der Waals surface area contributed by atoms with Crippen molar-refractivity contribution < 1.29 is 14.3 Å². The lowest BCUT2D eigenvalue weighted by Gasteiger charge is -2.29. The second kappa shape index (κ2) is 4.26. The molecule has 0 spiro atoms. The fourth-order valence-electron chi connectivity index (χ4n) is 2.67. The van der Waals surface area contributed by atoms with Gasteiger partial charge in [0.15, 0.2) is 5.76 Å². The van der Waals surface area contributed by atoms with Crippen LogP contribution in [0.15, 0.2) is 47.4 Å². The standard InChI is InChI=1S/C16H16O3/c1-9-10(2)18-11(3)15-13(9)14(16(17)19-15)12-7-5-4-6-8-12/h4-10H,1-3H3. The van der Waals surface area contributed by atoms with Crippen LogP contribution >= 0.6 is 0 Å². The second-order valence-electron chi connectivity index (χ2n) is 5.04. The predicted octanol–water partition coefficient (Wildman–Crippen LogP) is 3.28. The Balaban J connectivity index is 2.23. The van der Waals surface area contributed by atoms with Crippen LogP contribution in [0.5, 0.6) is 0 Å². The Morgan fingerprint density at radius 1 is 1.11 bits per heavy atom. The number of benzene rings is 1. The number of ether oxygens (including phenoxy) is 2. The molecule has 3 heteroatoms. The summed E-state index contributed by atoms with van der Waals surface area (Å²) in [7, 11) is 0. The maximum Gasteiger partial charge on any atom is 0.344 e. The fraction of sp³-hybridized carbons (Fsp3) is 0.312. The van der Waals surface area contributed by atoms with Gasteiger partial charge >= 0.3 is 5.97 Å². The number of esters is 1. The van der Waals surface area contributed by atoms with Crippen LogP contribution in [0, 0.1) is 5.92 Å². The molecule has 2 aliphatic heterocycles. The first-order valence-corrected chi connectivity index (χ1v) is 6.49. The first-order chi connectivity index (χ1) is 9.09. The Bertz CT molecular complexity index is 596.